The molecule has 1 saturated carbocycles. The minimum atomic E-state index is -0.738. The summed E-state index contributed by atoms with van der Waals surface area (Å²) in [5.74, 6) is -1.89. The second-order valence-corrected chi connectivity index (χ2v) is 6.55. The van der Waals surface area contributed by atoms with Crippen LogP contribution < -0.4 is 5.32 Å². The molecule has 26 heavy (non-hydrogen) atoms. The first-order chi connectivity index (χ1) is 12.5. The summed E-state index contributed by atoms with van der Waals surface area (Å²) < 4.78 is 26.5. The second-order valence-electron chi connectivity index (χ2n) is 6.55. The van der Waals surface area contributed by atoms with E-state index in [4.69, 9.17) is 5.11 Å². The number of nitrogens with zero attached hydrogens (tertiary/aromatic N) is 1. The summed E-state index contributed by atoms with van der Waals surface area (Å²) in [6.07, 6.45) is 3.12. The van der Waals surface area contributed by atoms with E-state index in [-0.39, 0.29) is 12.3 Å². The van der Waals surface area contributed by atoms with Crippen molar-refractivity contribution < 1.29 is 18.7 Å². The Bertz CT molecular complexity index is 758. The van der Waals surface area contributed by atoms with Crippen molar-refractivity contribution in [3.05, 3.63) is 65.2 Å². The van der Waals surface area contributed by atoms with Gasteiger partial charge in [-0.2, -0.15) is 0 Å². The van der Waals surface area contributed by atoms with Crippen molar-refractivity contribution in [1.82, 2.24) is 4.90 Å². The molecule has 2 aromatic carbocycles. The predicted molar refractivity (Wildman–Crippen MR) is 96.1 cm³/mol. The quantitative estimate of drug-likeness (QED) is 0.760. The van der Waals surface area contributed by atoms with E-state index in [0.717, 1.165) is 36.7 Å². The number of anilines is 1. The van der Waals surface area contributed by atoms with Gasteiger partial charge in [0.2, 0.25) is 0 Å². The number of hydrogen-bond acceptors (Lipinski definition) is 3. The van der Waals surface area contributed by atoms with Crippen LogP contribution in [0.5, 0.6) is 0 Å². The summed E-state index contributed by atoms with van der Waals surface area (Å²) in [7, 11) is 0. The first-order valence-electron chi connectivity index (χ1n) is 8.76. The Morgan fingerprint density at radius 2 is 1.85 bits per heavy atom. The molecule has 0 atom stereocenters. The molecule has 0 aliphatic heterocycles. The summed E-state index contributed by atoms with van der Waals surface area (Å²) in [5, 5.41) is 11.7. The summed E-state index contributed by atoms with van der Waals surface area (Å²) in [6, 6.07) is 10.7. The molecule has 1 aliphatic rings. The van der Waals surface area contributed by atoms with Gasteiger partial charge in [-0.1, -0.05) is 12.1 Å². The predicted octanol–water partition coefficient (Wildman–Crippen LogP) is 3.22. The van der Waals surface area contributed by atoms with Gasteiger partial charge >= 0.3 is 0 Å². The number of aliphatic hydroxyl groups is 1. The molecule has 0 saturated heterocycles. The highest BCUT2D eigenvalue weighted by atomic mass is 19.1. The largest absolute Gasteiger partial charge is 0.395 e. The Hall–Kier alpha value is -2.31. The van der Waals surface area contributed by atoms with Gasteiger partial charge in [0.05, 0.1) is 6.61 Å². The van der Waals surface area contributed by atoms with Gasteiger partial charge in [-0.25, -0.2) is 8.78 Å². The monoisotopic (exact) mass is 360 g/mol. The van der Waals surface area contributed by atoms with Crippen LogP contribution in [0.15, 0.2) is 42.5 Å². The normalized spacial score (nSPS) is 13.8. The fourth-order valence-corrected chi connectivity index (χ4v) is 3.02. The fourth-order valence-electron chi connectivity index (χ4n) is 3.02. The fraction of sp³-hybridized carbons (Fsp3) is 0.350. The molecule has 2 N–H and O–H groups in total. The molecular formula is C20H22F2N2O2. The third-order valence-electron chi connectivity index (χ3n) is 4.45. The maximum atomic E-state index is 13.2. The molecule has 2 aromatic rings. The third-order valence-corrected chi connectivity index (χ3v) is 4.45. The van der Waals surface area contributed by atoms with E-state index < -0.39 is 17.5 Å². The summed E-state index contributed by atoms with van der Waals surface area (Å²) in [5.41, 5.74) is 1.53. The lowest BCUT2D eigenvalue weighted by Crippen LogP contribution is -2.31. The minimum Gasteiger partial charge on any atom is -0.395 e. The van der Waals surface area contributed by atoms with Crippen LogP contribution in [0.1, 0.15) is 28.8 Å². The number of carbonyl (C=O) groups excluding carboxylic acids is 1. The maximum Gasteiger partial charge on any atom is 0.255 e. The molecule has 0 unspecified atom stereocenters. The van der Waals surface area contributed by atoms with Crippen LogP contribution in [0.2, 0.25) is 0 Å². The lowest BCUT2D eigenvalue weighted by Gasteiger charge is -2.20. The van der Waals surface area contributed by atoms with Crippen molar-refractivity contribution >= 4 is 11.6 Å². The molecule has 0 aromatic heterocycles. The molecular weight excluding hydrogens is 338 g/mol. The van der Waals surface area contributed by atoms with E-state index in [1.54, 1.807) is 18.2 Å². The Morgan fingerprint density at radius 3 is 2.50 bits per heavy atom. The zero-order valence-corrected chi connectivity index (χ0v) is 14.4. The number of halogens is 2. The van der Waals surface area contributed by atoms with Gasteiger partial charge in [0, 0.05) is 36.4 Å². The van der Waals surface area contributed by atoms with Gasteiger partial charge in [-0.3, -0.25) is 9.69 Å². The van der Waals surface area contributed by atoms with Gasteiger partial charge in [0.1, 0.15) is 11.6 Å². The SMILES string of the molecule is O=C(Nc1cc(F)cc(F)c1)c1cccc(CCN(CCO)C2CC2)c1. The van der Waals surface area contributed by atoms with E-state index in [9.17, 15) is 13.6 Å². The van der Waals surface area contributed by atoms with E-state index in [1.807, 2.05) is 6.07 Å². The van der Waals surface area contributed by atoms with E-state index in [2.05, 4.69) is 10.2 Å². The number of aliphatic hydroxyl groups excluding tert-OH is 1. The first-order valence-corrected chi connectivity index (χ1v) is 8.76. The average molecular weight is 360 g/mol. The summed E-state index contributed by atoms with van der Waals surface area (Å²) >= 11 is 0. The number of benzene rings is 2. The minimum absolute atomic E-state index is 0.0840. The van der Waals surface area contributed by atoms with Crippen LogP contribution >= 0.6 is 0 Å². The van der Waals surface area contributed by atoms with Gasteiger partial charge in [0.15, 0.2) is 0 Å². The number of nitrogens with one attached hydrogen (secondary N) is 1. The molecule has 0 radical (unpaired) electrons. The van der Waals surface area contributed by atoms with Crippen LogP contribution in [0.4, 0.5) is 14.5 Å². The van der Waals surface area contributed by atoms with E-state index in [0.29, 0.717) is 18.2 Å². The molecule has 3 rings (SSSR count). The molecule has 1 fully saturated rings. The van der Waals surface area contributed by atoms with Crippen LogP contribution in [-0.2, 0) is 6.42 Å². The average Bonchev–Trinajstić information content (AvgIpc) is 3.43. The molecule has 138 valence electrons. The Labute approximate surface area is 151 Å². The smallest absolute Gasteiger partial charge is 0.255 e. The van der Waals surface area contributed by atoms with Crippen LogP contribution in [0.3, 0.4) is 0 Å². The van der Waals surface area contributed by atoms with E-state index in [1.165, 1.54) is 12.8 Å². The van der Waals surface area contributed by atoms with Crippen molar-refractivity contribution in [2.75, 3.05) is 25.0 Å². The van der Waals surface area contributed by atoms with Crippen LogP contribution in [0.25, 0.3) is 0 Å². The van der Waals surface area contributed by atoms with Gasteiger partial charge in [-0.15, -0.1) is 0 Å². The van der Waals surface area contributed by atoms with Crippen molar-refractivity contribution in [3.8, 4) is 0 Å². The lowest BCUT2D eigenvalue weighted by molar-refractivity contribution is 0.102. The van der Waals surface area contributed by atoms with Gasteiger partial charge in [-0.05, 0) is 49.1 Å². The maximum absolute atomic E-state index is 13.2. The number of rotatable bonds is 8. The molecule has 0 heterocycles. The van der Waals surface area contributed by atoms with E-state index >= 15 is 0 Å². The highest BCUT2D eigenvalue weighted by Gasteiger charge is 2.27. The summed E-state index contributed by atoms with van der Waals surface area (Å²) in [4.78, 5) is 14.6. The van der Waals surface area contributed by atoms with Crippen LogP contribution in [-0.4, -0.2) is 41.7 Å². The number of amides is 1. The lowest BCUT2D eigenvalue weighted by atomic mass is 10.1. The third kappa shape index (κ3) is 5.09. The number of carbonyl (C=O) groups is 1. The summed E-state index contributed by atoms with van der Waals surface area (Å²) in [6.45, 7) is 1.63. The Balaban J connectivity index is 1.63. The molecule has 0 bridgehead atoms. The van der Waals surface area contributed by atoms with Gasteiger partial charge in [0.25, 0.3) is 5.91 Å². The molecule has 0 spiro atoms. The number of hydrogen-bond donors (Lipinski definition) is 2. The molecule has 1 amide bonds. The Kier molecular flexibility index (Phi) is 5.96. The zero-order valence-electron chi connectivity index (χ0n) is 14.4. The second kappa shape index (κ2) is 8.38. The van der Waals surface area contributed by atoms with Gasteiger partial charge < -0.3 is 10.4 Å². The van der Waals surface area contributed by atoms with Crippen molar-refractivity contribution in [3.63, 3.8) is 0 Å². The zero-order chi connectivity index (χ0) is 18.5. The standard InChI is InChI=1S/C20H22F2N2O2/c21-16-11-17(22)13-18(12-16)23-20(26)15-3-1-2-14(10-15)6-7-24(8-9-25)19-4-5-19/h1-3,10-13,19,25H,4-9H2,(H,23,26). The highest BCUT2D eigenvalue weighted by Crippen LogP contribution is 2.26. The van der Waals surface area contributed by atoms with Crippen LogP contribution in [0, 0.1) is 11.6 Å². The van der Waals surface area contributed by atoms with Crippen molar-refractivity contribution in [2.45, 2.75) is 25.3 Å². The van der Waals surface area contributed by atoms with Crippen molar-refractivity contribution in [2.24, 2.45) is 0 Å². The molecule has 1 aliphatic carbocycles. The molecule has 6 heteroatoms. The topological polar surface area (TPSA) is 52.6 Å². The molecule has 4 nitrogen and oxygen atoms in total. The Morgan fingerprint density at radius 1 is 1.12 bits per heavy atom. The highest BCUT2D eigenvalue weighted by molar-refractivity contribution is 6.04. The van der Waals surface area contributed by atoms with Crippen molar-refractivity contribution in [1.29, 1.82) is 0 Å². The first kappa shape index (κ1) is 18.5.